The molecule has 3 nitrogen and oxygen atoms in total. The lowest BCUT2D eigenvalue weighted by molar-refractivity contribution is 0.370. The molecule has 14 heavy (non-hydrogen) atoms. The number of halogens is 3. The monoisotopic (exact) mass is 206 g/mol. The molecule has 0 spiro atoms. The molecule has 0 saturated heterocycles. The van der Waals surface area contributed by atoms with Crippen molar-refractivity contribution < 1.29 is 18.3 Å². The van der Waals surface area contributed by atoms with Gasteiger partial charge in [-0.2, -0.15) is 4.39 Å². The molecule has 0 radical (unpaired) electrons. The summed E-state index contributed by atoms with van der Waals surface area (Å²) in [5.74, 6) is -5.64. The van der Waals surface area contributed by atoms with Gasteiger partial charge in [0.1, 0.15) is 0 Å². The highest BCUT2D eigenvalue weighted by atomic mass is 19.2. The smallest absolute Gasteiger partial charge is 0.203 e. The third-order valence-corrected chi connectivity index (χ3v) is 1.81. The fraction of sp³-hybridized carbons (Fsp3) is 0.250. The fourth-order valence-corrected chi connectivity index (χ4v) is 1.01. The Kier molecular flexibility index (Phi) is 2.97. The average molecular weight is 206 g/mol. The van der Waals surface area contributed by atoms with E-state index in [1.54, 1.807) is 0 Å². The molecular formula is C8H9F3N2O. The van der Waals surface area contributed by atoms with Gasteiger partial charge in [-0.05, 0) is 6.07 Å². The van der Waals surface area contributed by atoms with Crippen molar-refractivity contribution in [3.8, 4) is 5.75 Å². The SMILES string of the molecule is NC[C@H](N)c1cc(F)c(F)c(O)c1F. The molecule has 1 aromatic carbocycles. The molecule has 0 aliphatic heterocycles. The Balaban J connectivity index is 3.33. The molecule has 0 heterocycles. The lowest BCUT2D eigenvalue weighted by atomic mass is 10.1. The number of phenols is 1. The van der Waals surface area contributed by atoms with Crippen molar-refractivity contribution in [2.24, 2.45) is 11.5 Å². The van der Waals surface area contributed by atoms with Crippen molar-refractivity contribution in [1.82, 2.24) is 0 Å². The summed E-state index contributed by atoms with van der Waals surface area (Å²) in [6, 6.07) is -0.391. The summed E-state index contributed by atoms with van der Waals surface area (Å²) < 4.78 is 38.4. The van der Waals surface area contributed by atoms with Gasteiger partial charge < -0.3 is 16.6 Å². The van der Waals surface area contributed by atoms with Crippen LogP contribution in [0.2, 0.25) is 0 Å². The molecule has 78 valence electrons. The molecule has 0 unspecified atom stereocenters. The topological polar surface area (TPSA) is 72.3 Å². The molecule has 1 atom stereocenters. The Hall–Kier alpha value is -1.27. The molecule has 0 aliphatic carbocycles. The number of nitrogens with two attached hydrogens (primary N) is 2. The van der Waals surface area contributed by atoms with E-state index in [1.165, 1.54) is 0 Å². The van der Waals surface area contributed by atoms with Crippen LogP contribution in [0.3, 0.4) is 0 Å². The van der Waals surface area contributed by atoms with Crippen LogP contribution in [0.4, 0.5) is 13.2 Å². The predicted molar refractivity (Wildman–Crippen MR) is 44.0 cm³/mol. The summed E-state index contributed by atoms with van der Waals surface area (Å²) in [4.78, 5) is 0. The maximum atomic E-state index is 13.1. The minimum absolute atomic E-state index is 0.137. The Bertz CT molecular complexity index is 357. The van der Waals surface area contributed by atoms with Crippen LogP contribution < -0.4 is 11.5 Å². The molecule has 0 aliphatic rings. The first-order chi connectivity index (χ1) is 6.49. The van der Waals surface area contributed by atoms with Gasteiger partial charge in [-0.15, -0.1) is 0 Å². The first-order valence-electron chi connectivity index (χ1n) is 3.81. The van der Waals surface area contributed by atoms with E-state index >= 15 is 0 Å². The van der Waals surface area contributed by atoms with E-state index in [0.717, 1.165) is 0 Å². The van der Waals surface area contributed by atoms with E-state index in [-0.39, 0.29) is 12.1 Å². The highest BCUT2D eigenvalue weighted by Crippen LogP contribution is 2.28. The highest BCUT2D eigenvalue weighted by molar-refractivity contribution is 5.34. The van der Waals surface area contributed by atoms with Crippen LogP contribution in [-0.2, 0) is 0 Å². The summed E-state index contributed by atoms with van der Waals surface area (Å²) in [5.41, 5.74) is 10.1. The molecule has 1 aromatic rings. The molecule has 6 heteroatoms. The molecule has 0 saturated carbocycles. The van der Waals surface area contributed by atoms with Crippen molar-refractivity contribution in [2.45, 2.75) is 6.04 Å². The average Bonchev–Trinajstić information content (AvgIpc) is 2.19. The number of hydrogen-bond acceptors (Lipinski definition) is 3. The summed E-state index contributed by atoms with van der Waals surface area (Å²) >= 11 is 0. The van der Waals surface area contributed by atoms with Crippen molar-refractivity contribution in [2.75, 3.05) is 6.54 Å². The fourth-order valence-electron chi connectivity index (χ4n) is 1.01. The van der Waals surface area contributed by atoms with Gasteiger partial charge in [0.05, 0.1) is 0 Å². The van der Waals surface area contributed by atoms with E-state index in [2.05, 4.69) is 0 Å². The zero-order chi connectivity index (χ0) is 10.9. The standard InChI is InChI=1S/C8H9F3N2O/c9-4-1-3(5(13)2-12)6(10)8(14)7(4)11/h1,5,14H,2,12-13H2/t5-/m0/s1. The van der Waals surface area contributed by atoms with Crippen LogP contribution in [0.1, 0.15) is 11.6 Å². The number of hydrogen-bond donors (Lipinski definition) is 3. The van der Waals surface area contributed by atoms with E-state index in [0.29, 0.717) is 6.07 Å². The molecule has 0 fully saturated rings. The minimum Gasteiger partial charge on any atom is -0.503 e. The Morgan fingerprint density at radius 2 is 1.86 bits per heavy atom. The third-order valence-electron chi connectivity index (χ3n) is 1.81. The lowest BCUT2D eigenvalue weighted by Gasteiger charge is -2.11. The molecular weight excluding hydrogens is 197 g/mol. The van der Waals surface area contributed by atoms with Gasteiger partial charge in [0.15, 0.2) is 17.4 Å². The Morgan fingerprint density at radius 3 is 2.36 bits per heavy atom. The maximum Gasteiger partial charge on any atom is 0.203 e. The van der Waals surface area contributed by atoms with Crippen LogP contribution >= 0.6 is 0 Å². The van der Waals surface area contributed by atoms with Gasteiger partial charge in [0.2, 0.25) is 5.82 Å². The quantitative estimate of drug-likeness (QED) is 0.626. The summed E-state index contributed by atoms with van der Waals surface area (Å²) in [6.07, 6.45) is 0. The number of phenolic OH excluding ortho intramolecular Hbond substituents is 1. The largest absolute Gasteiger partial charge is 0.503 e. The first-order valence-corrected chi connectivity index (χ1v) is 3.81. The van der Waals surface area contributed by atoms with Gasteiger partial charge in [-0.3, -0.25) is 0 Å². The second kappa shape index (κ2) is 3.85. The van der Waals surface area contributed by atoms with Crippen LogP contribution in [-0.4, -0.2) is 11.7 Å². The molecule has 0 bridgehead atoms. The van der Waals surface area contributed by atoms with Crippen LogP contribution in [0.15, 0.2) is 6.07 Å². The minimum atomic E-state index is -1.63. The number of benzene rings is 1. The highest BCUT2D eigenvalue weighted by Gasteiger charge is 2.20. The summed E-state index contributed by atoms with van der Waals surface area (Å²) in [6.45, 7) is -0.137. The molecule has 1 rings (SSSR count). The molecule has 0 amide bonds. The number of rotatable bonds is 2. The third kappa shape index (κ3) is 1.66. The van der Waals surface area contributed by atoms with Gasteiger partial charge >= 0.3 is 0 Å². The van der Waals surface area contributed by atoms with Crippen molar-refractivity contribution in [3.63, 3.8) is 0 Å². The second-order valence-corrected chi connectivity index (χ2v) is 2.77. The van der Waals surface area contributed by atoms with Gasteiger partial charge in [0, 0.05) is 18.2 Å². The van der Waals surface area contributed by atoms with Gasteiger partial charge in [0.25, 0.3) is 0 Å². The Labute approximate surface area is 78.1 Å². The lowest BCUT2D eigenvalue weighted by Crippen LogP contribution is -2.22. The predicted octanol–water partition coefficient (Wildman–Crippen LogP) is 0.768. The van der Waals surface area contributed by atoms with E-state index in [4.69, 9.17) is 16.6 Å². The normalized spacial score (nSPS) is 12.9. The second-order valence-electron chi connectivity index (χ2n) is 2.77. The molecule has 0 aromatic heterocycles. The van der Waals surface area contributed by atoms with Crippen molar-refractivity contribution in [1.29, 1.82) is 0 Å². The summed E-state index contributed by atoms with van der Waals surface area (Å²) in [5, 5.41) is 8.83. The zero-order valence-electron chi connectivity index (χ0n) is 7.10. The zero-order valence-corrected chi connectivity index (χ0v) is 7.10. The number of aromatic hydroxyl groups is 1. The van der Waals surface area contributed by atoms with Gasteiger partial charge in [-0.25, -0.2) is 8.78 Å². The van der Waals surface area contributed by atoms with Crippen molar-refractivity contribution in [3.05, 3.63) is 29.1 Å². The Morgan fingerprint density at radius 1 is 1.29 bits per heavy atom. The van der Waals surface area contributed by atoms with Gasteiger partial charge in [-0.1, -0.05) is 0 Å². The summed E-state index contributed by atoms with van der Waals surface area (Å²) in [7, 11) is 0. The maximum absolute atomic E-state index is 13.1. The van der Waals surface area contributed by atoms with E-state index in [9.17, 15) is 13.2 Å². The van der Waals surface area contributed by atoms with Crippen molar-refractivity contribution >= 4 is 0 Å². The van der Waals surface area contributed by atoms with E-state index in [1.807, 2.05) is 0 Å². The van der Waals surface area contributed by atoms with E-state index < -0.39 is 29.2 Å². The van der Waals surface area contributed by atoms with Crippen LogP contribution in [0.25, 0.3) is 0 Å². The first kappa shape index (κ1) is 10.8. The molecule has 5 N–H and O–H groups in total. The van der Waals surface area contributed by atoms with Crippen LogP contribution in [0, 0.1) is 17.5 Å². The van der Waals surface area contributed by atoms with Crippen LogP contribution in [0.5, 0.6) is 5.75 Å².